The molecule has 1 unspecified atom stereocenters. The minimum Gasteiger partial charge on any atom is -0.490 e. The van der Waals surface area contributed by atoms with Gasteiger partial charge in [0, 0.05) is 88.2 Å². The molecule has 3 fully saturated rings. The van der Waals surface area contributed by atoms with Crippen molar-refractivity contribution in [1.29, 1.82) is 0 Å². The lowest BCUT2D eigenvalue weighted by molar-refractivity contribution is -0.108. The molecule has 16 heteroatoms. The number of anilines is 1. The van der Waals surface area contributed by atoms with Crippen molar-refractivity contribution in [2.45, 2.75) is 62.5 Å². The summed E-state index contributed by atoms with van der Waals surface area (Å²) in [6, 6.07) is 12.0. The third-order valence-corrected chi connectivity index (χ3v) is 16.5. The van der Waals surface area contributed by atoms with Gasteiger partial charge in [-0.15, -0.1) is 9.46 Å². The number of rotatable bonds is 6. The fourth-order valence-corrected chi connectivity index (χ4v) is 13.1. The summed E-state index contributed by atoms with van der Waals surface area (Å²) in [5, 5.41) is 4.94. The Kier molecular flexibility index (Phi) is 12.2. The Morgan fingerprint density at radius 3 is 2.79 bits per heavy atom. The molecule has 6 aliphatic rings. The standard InChI is InChI=1S/C46H60ClN7O7S/c1-31-7-5-16-46(59-4,29-52-17-18-53-19-20-60-26-36(53)24-52)39-12-9-34(39)23-54-28-45(15-6-8-32-21-35(47)11-13-38(32)45)30-61-41-14-10-33(22-40(41)54)42(55)49-62(57,27-31)50-43(56)37-25-51(2)48-44(37)58-3/h5,10-11,13-14,16,21-22,25,31,34,36,39H,6-9,12,15,17-20,23-24,26-30H2,1-4H3,(H,49,50,55,56,57)/b16-5+/t31-,34-,36-,39+,45-,46+,62?/m0/s1. The van der Waals surface area contributed by atoms with E-state index >= 15 is 0 Å². The number of nitrogens with one attached hydrogen (secondary N) is 1. The lowest BCUT2D eigenvalue weighted by atomic mass is 9.63. The monoisotopic (exact) mass is 889 g/mol. The van der Waals surface area contributed by atoms with Crippen LogP contribution in [-0.2, 0) is 38.3 Å². The van der Waals surface area contributed by atoms with E-state index in [0.717, 1.165) is 95.3 Å². The first-order valence-corrected chi connectivity index (χ1v) is 24.2. The summed E-state index contributed by atoms with van der Waals surface area (Å²) < 4.78 is 48.3. The van der Waals surface area contributed by atoms with Crippen LogP contribution in [0.4, 0.5) is 5.69 Å². The number of nitrogens with zero attached hydrogens (tertiary/aromatic N) is 6. The number of aromatic nitrogens is 2. The van der Waals surface area contributed by atoms with Crippen molar-refractivity contribution in [2.75, 3.05) is 90.5 Å². The first kappa shape index (κ1) is 43.3. The predicted octanol–water partition coefficient (Wildman–Crippen LogP) is 5.53. The highest BCUT2D eigenvalue weighted by Crippen LogP contribution is 2.49. The van der Waals surface area contributed by atoms with E-state index in [1.807, 2.05) is 32.2 Å². The van der Waals surface area contributed by atoms with Crippen molar-refractivity contribution in [1.82, 2.24) is 24.3 Å². The van der Waals surface area contributed by atoms with Gasteiger partial charge in [0.25, 0.3) is 11.8 Å². The molecule has 3 aromatic rings. The number of piperazine rings is 1. The SMILES string of the molecule is COc1nn(C)cc1C(=O)NS1(=O)=NC(=O)c2ccc3c(c2)N(C[C@@H]2CC[C@H]2[C@@](CN2CCN4CCOC[C@@H]4C2)(OC)/C=C/C[C@H](C)C1)C[C@@]1(CCCc2cc(Cl)ccc21)CO3. The van der Waals surface area contributed by atoms with Crippen LogP contribution in [0.5, 0.6) is 11.6 Å². The maximum atomic E-state index is 15.0. The van der Waals surface area contributed by atoms with Crippen molar-refractivity contribution >= 4 is 39.0 Å². The zero-order chi connectivity index (χ0) is 43.2. The predicted molar refractivity (Wildman–Crippen MR) is 239 cm³/mol. The lowest BCUT2D eigenvalue weighted by Crippen LogP contribution is -2.62. The van der Waals surface area contributed by atoms with Crippen molar-refractivity contribution < 1.29 is 32.7 Å². The number of carbonyl (C=O) groups is 2. The van der Waals surface area contributed by atoms with Crippen LogP contribution in [-0.4, -0.2) is 133 Å². The van der Waals surface area contributed by atoms with Gasteiger partial charge in [0.1, 0.15) is 26.8 Å². The van der Waals surface area contributed by atoms with Crippen LogP contribution in [0, 0.1) is 17.8 Å². The number of ether oxygens (including phenoxy) is 4. The number of morpholine rings is 1. The normalized spacial score (nSPS) is 32.2. The van der Waals surface area contributed by atoms with Crippen molar-refractivity contribution in [3.8, 4) is 11.6 Å². The maximum absolute atomic E-state index is 15.0. The molecule has 2 bridgehead atoms. The van der Waals surface area contributed by atoms with E-state index in [4.69, 9.17) is 30.5 Å². The summed E-state index contributed by atoms with van der Waals surface area (Å²) in [5.74, 6) is -0.368. The van der Waals surface area contributed by atoms with E-state index in [9.17, 15) is 13.8 Å². The molecule has 9 rings (SSSR count). The van der Waals surface area contributed by atoms with Crippen LogP contribution in [0.2, 0.25) is 5.02 Å². The highest BCUT2D eigenvalue weighted by molar-refractivity contribution is 7.92. The highest BCUT2D eigenvalue weighted by atomic mass is 35.5. The number of benzene rings is 2. The number of fused-ring (bicyclic) bond motifs is 5. The number of halogens is 1. The Labute approximate surface area is 370 Å². The maximum Gasteiger partial charge on any atom is 0.286 e. The average Bonchev–Trinajstić information content (AvgIpc) is 3.56. The zero-order valence-corrected chi connectivity index (χ0v) is 37.9. The van der Waals surface area contributed by atoms with Crippen LogP contribution in [0.25, 0.3) is 0 Å². The third-order valence-electron chi connectivity index (χ3n) is 14.3. The fourth-order valence-electron chi connectivity index (χ4n) is 11.1. The van der Waals surface area contributed by atoms with Gasteiger partial charge in [-0.1, -0.05) is 36.7 Å². The van der Waals surface area contributed by atoms with E-state index in [0.29, 0.717) is 37.3 Å². The molecule has 62 heavy (non-hydrogen) atoms. The zero-order valence-electron chi connectivity index (χ0n) is 36.4. The number of hydrogen-bond acceptors (Lipinski definition) is 11. The van der Waals surface area contributed by atoms with E-state index in [-0.39, 0.29) is 40.0 Å². The molecule has 2 aromatic carbocycles. The Hall–Kier alpha value is -3.99. The van der Waals surface area contributed by atoms with E-state index in [1.165, 1.54) is 29.1 Å². The van der Waals surface area contributed by atoms with E-state index < -0.39 is 27.3 Å². The van der Waals surface area contributed by atoms with Crippen molar-refractivity contribution in [3.63, 3.8) is 0 Å². The summed E-state index contributed by atoms with van der Waals surface area (Å²) in [4.78, 5) is 35.6. The number of hydrogen-bond donors (Lipinski definition) is 1. The van der Waals surface area contributed by atoms with Gasteiger partial charge in [-0.25, -0.2) is 4.21 Å². The minimum atomic E-state index is -3.67. The molecule has 7 atom stereocenters. The fraction of sp³-hybridized carbons (Fsp3) is 0.587. The smallest absolute Gasteiger partial charge is 0.286 e. The van der Waals surface area contributed by atoms with Crippen LogP contribution in [0.1, 0.15) is 70.9 Å². The molecular formula is C46H60ClN7O7S. The number of allylic oxidation sites excluding steroid dienone is 1. The second-order valence-corrected chi connectivity index (χ2v) is 20.9. The summed E-state index contributed by atoms with van der Waals surface area (Å²) in [5.41, 5.74) is 2.78. The molecule has 1 N–H and O–H groups in total. The van der Waals surface area contributed by atoms with Gasteiger partial charge in [-0.05, 0) is 97.7 Å². The first-order chi connectivity index (χ1) is 29.9. The third kappa shape index (κ3) is 8.52. The molecule has 5 heterocycles. The van der Waals surface area contributed by atoms with Crippen molar-refractivity contribution in [2.24, 2.45) is 29.2 Å². The van der Waals surface area contributed by atoms with Gasteiger partial charge in [0.05, 0.1) is 38.4 Å². The second kappa shape index (κ2) is 17.5. The average molecular weight is 891 g/mol. The topological polar surface area (TPSA) is 140 Å². The Morgan fingerprint density at radius 2 is 1.98 bits per heavy atom. The summed E-state index contributed by atoms with van der Waals surface area (Å²) >= 11 is 6.56. The Morgan fingerprint density at radius 1 is 1.11 bits per heavy atom. The van der Waals surface area contributed by atoms with Gasteiger partial charge in [0.15, 0.2) is 0 Å². The lowest BCUT2D eigenvalue weighted by Gasteiger charge is -2.53. The highest BCUT2D eigenvalue weighted by Gasteiger charge is 2.50. The molecule has 1 spiro atoms. The number of aryl methyl sites for hydroxylation is 2. The number of methoxy groups -OCH3 is 2. The molecule has 1 aromatic heterocycles. The summed E-state index contributed by atoms with van der Waals surface area (Å²) in [6.45, 7) is 9.96. The van der Waals surface area contributed by atoms with Crippen LogP contribution in [0.3, 0.4) is 0 Å². The molecule has 2 amide bonds. The van der Waals surface area contributed by atoms with Crippen molar-refractivity contribution in [3.05, 3.63) is 82.0 Å². The summed E-state index contributed by atoms with van der Waals surface area (Å²) in [7, 11) is 1.26. The Bertz CT molecular complexity index is 2350. The molecule has 1 saturated carbocycles. The molecule has 14 nitrogen and oxygen atoms in total. The second-order valence-electron chi connectivity index (χ2n) is 18.5. The van der Waals surface area contributed by atoms with Gasteiger partial charge in [-0.2, -0.15) is 0 Å². The molecule has 2 aliphatic carbocycles. The largest absolute Gasteiger partial charge is 0.490 e. The van der Waals surface area contributed by atoms with E-state index in [1.54, 1.807) is 13.1 Å². The van der Waals surface area contributed by atoms with Crippen LogP contribution >= 0.6 is 11.6 Å². The first-order valence-electron chi connectivity index (χ1n) is 22.2. The molecule has 4 aliphatic heterocycles. The van der Waals surface area contributed by atoms with Gasteiger partial charge < -0.3 is 23.8 Å². The van der Waals surface area contributed by atoms with Crippen LogP contribution in [0.15, 0.2) is 59.1 Å². The number of carbonyl (C=O) groups excluding carboxylic acids is 2. The van der Waals surface area contributed by atoms with Gasteiger partial charge >= 0.3 is 0 Å². The number of amides is 2. The van der Waals surface area contributed by atoms with E-state index in [2.05, 4.69) is 53.2 Å². The molecule has 334 valence electrons. The molecule has 0 radical (unpaired) electrons. The van der Waals surface area contributed by atoms with Gasteiger partial charge in [0.2, 0.25) is 5.88 Å². The van der Waals surface area contributed by atoms with Gasteiger partial charge in [-0.3, -0.25) is 28.8 Å². The molecule has 2 saturated heterocycles. The van der Waals surface area contributed by atoms with Crippen LogP contribution < -0.4 is 19.1 Å². The molecular weight excluding hydrogens is 830 g/mol. The minimum absolute atomic E-state index is 0.0564. The summed E-state index contributed by atoms with van der Waals surface area (Å²) in [6.07, 6.45) is 11.4. The Balaban J connectivity index is 1.12. The quantitative estimate of drug-likeness (QED) is 0.313.